The molecule has 0 unspecified atom stereocenters. The fourth-order valence-corrected chi connectivity index (χ4v) is 3.96. The van der Waals surface area contributed by atoms with Gasteiger partial charge in [0, 0.05) is 10.7 Å². The first kappa shape index (κ1) is 22.7. The van der Waals surface area contributed by atoms with Gasteiger partial charge in [0.15, 0.2) is 11.0 Å². The van der Waals surface area contributed by atoms with Gasteiger partial charge in [0.25, 0.3) is 0 Å². The zero-order valence-electron chi connectivity index (χ0n) is 17.8. The van der Waals surface area contributed by atoms with E-state index < -0.39 is 0 Å². The number of amides is 1. The van der Waals surface area contributed by atoms with Crippen molar-refractivity contribution in [2.45, 2.75) is 11.8 Å². The first-order valence-corrected chi connectivity index (χ1v) is 11.4. The fourth-order valence-electron chi connectivity index (χ4n) is 3.07. The summed E-state index contributed by atoms with van der Waals surface area (Å²) in [5, 5.41) is 12.7. The molecule has 1 heterocycles. The summed E-state index contributed by atoms with van der Waals surface area (Å²) in [5.41, 5.74) is 1.50. The van der Waals surface area contributed by atoms with E-state index in [2.05, 4.69) is 15.5 Å². The van der Waals surface area contributed by atoms with Crippen LogP contribution in [0, 0.1) is 0 Å². The van der Waals surface area contributed by atoms with Crippen LogP contribution in [0.1, 0.15) is 5.82 Å². The molecule has 1 N–H and O–H groups in total. The van der Waals surface area contributed by atoms with Gasteiger partial charge in [-0.3, -0.25) is 9.36 Å². The molecular weight excluding hydrogens is 460 g/mol. The van der Waals surface area contributed by atoms with Crippen molar-refractivity contribution in [3.8, 4) is 17.2 Å². The number of carbonyl (C=O) groups is 1. The van der Waals surface area contributed by atoms with Gasteiger partial charge in [0.1, 0.15) is 18.1 Å². The van der Waals surface area contributed by atoms with E-state index in [0.717, 1.165) is 5.69 Å². The molecule has 0 atom stereocenters. The van der Waals surface area contributed by atoms with Crippen LogP contribution in [0.2, 0.25) is 5.02 Å². The topological polar surface area (TPSA) is 78.3 Å². The maximum Gasteiger partial charge on any atom is 0.234 e. The largest absolute Gasteiger partial charge is 0.495 e. The maximum absolute atomic E-state index is 12.6. The Hall–Kier alpha value is -3.49. The van der Waals surface area contributed by atoms with Crippen molar-refractivity contribution in [2.75, 3.05) is 18.2 Å². The third-order valence-electron chi connectivity index (χ3n) is 4.61. The van der Waals surface area contributed by atoms with E-state index in [1.807, 2.05) is 47.0 Å². The molecule has 1 amide bonds. The summed E-state index contributed by atoms with van der Waals surface area (Å²) in [6.07, 6.45) is 0. The predicted molar refractivity (Wildman–Crippen MR) is 129 cm³/mol. The van der Waals surface area contributed by atoms with Gasteiger partial charge in [0.05, 0.1) is 18.6 Å². The Kier molecular flexibility index (Phi) is 7.49. The lowest BCUT2D eigenvalue weighted by molar-refractivity contribution is -0.113. The van der Waals surface area contributed by atoms with E-state index >= 15 is 0 Å². The van der Waals surface area contributed by atoms with Gasteiger partial charge in [-0.2, -0.15) is 0 Å². The number of anilines is 1. The van der Waals surface area contributed by atoms with Crippen LogP contribution >= 0.6 is 23.4 Å². The van der Waals surface area contributed by atoms with Crippen molar-refractivity contribution in [1.29, 1.82) is 0 Å². The maximum atomic E-state index is 12.6. The average Bonchev–Trinajstić information content (AvgIpc) is 3.26. The molecule has 0 radical (unpaired) electrons. The van der Waals surface area contributed by atoms with Crippen LogP contribution in [0.5, 0.6) is 11.5 Å². The number of hydrogen-bond acceptors (Lipinski definition) is 6. The minimum absolute atomic E-state index is 0.154. The second kappa shape index (κ2) is 10.9. The van der Waals surface area contributed by atoms with Gasteiger partial charge in [0.2, 0.25) is 5.91 Å². The number of carbonyl (C=O) groups excluding carboxylic acids is 1. The normalized spacial score (nSPS) is 10.6. The van der Waals surface area contributed by atoms with Crippen LogP contribution < -0.4 is 14.8 Å². The molecule has 4 rings (SSSR count). The minimum atomic E-state index is -0.175. The van der Waals surface area contributed by atoms with Crippen LogP contribution in [0.4, 0.5) is 5.69 Å². The SMILES string of the molecule is COc1ccccc1NC(=O)CSc1nnc(COc2ccc(Cl)cc2)n1-c1ccccc1. The number of nitrogens with one attached hydrogen (secondary N) is 1. The highest BCUT2D eigenvalue weighted by Crippen LogP contribution is 2.26. The summed E-state index contributed by atoms with van der Waals surface area (Å²) >= 11 is 7.23. The Bertz CT molecular complexity index is 1220. The van der Waals surface area contributed by atoms with Crippen molar-refractivity contribution in [3.05, 3.63) is 89.7 Å². The van der Waals surface area contributed by atoms with Gasteiger partial charge >= 0.3 is 0 Å². The van der Waals surface area contributed by atoms with Crippen LogP contribution in [0.15, 0.2) is 84.0 Å². The van der Waals surface area contributed by atoms with E-state index in [4.69, 9.17) is 21.1 Å². The van der Waals surface area contributed by atoms with Crippen LogP contribution in [-0.2, 0) is 11.4 Å². The molecule has 168 valence electrons. The Morgan fingerprint density at radius 1 is 1.00 bits per heavy atom. The molecule has 9 heteroatoms. The van der Waals surface area contributed by atoms with Crippen LogP contribution in [0.3, 0.4) is 0 Å². The number of nitrogens with zero attached hydrogens (tertiary/aromatic N) is 3. The molecule has 0 fully saturated rings. The number of para-hydroxylation sites is 3. The first-order valence-electron chi connectivity index (χ1n) is 10.1. The standard InChI is InChI=1S/C24H21ClN4O3S/c1-31-21-10-6-5-9-20(21)26-23(30)16-33-24-28-27-22(29(24)18-7-3-2-4-8-18)15-32-19-13-11-17(25)12-14-19/h2-14H,15-16H2,1H3,(H,26,30). The minimum Gasteiger partial charge on any atom is -0.495 e. The van der Waals surface area contributed by atoms with Crippen molar-refractivity contribution in [2.24, 2.45) is 0 Å². The lowest BCUT2D eigenvalue weighted by Gasteiger charge is -2.12. The van der Waals surface area contributed by atoms with Crippen molar-refractivity contribution in [3.63, 3.8) is 0 Å². The Morgan fingerprint density at radius 2 is 1.73 bits per heavy atom. The molecule has 0 aliphatic heterocycles. The summed E-state index contributed by atoms with van der Waals surface area (Å²) < 4.78 is 13.0. The van der Waals surface area contributed by atoms with Gasteiger partial charge in [-0.15, -0.1) is 10.2 Å². The number of rotatable bonds is 9. The molecule has 33 heavy (non-hydrogen) atoms. The summed E-state index contributed by atoms with van der Waals surface area (Å²) in [4.78, 5) is 12.6. The van der Waals surface area contributed by atoms with Crippen LogP contribution in [0.25, 0.3) is 5.69 Å². The molecule has 0 saturated heterocycles. The third kappa shape index (κ3) is 5.85. The third-order valence-corrected chi connectivity index (χ3v) is 5.79. The predicted octanol–water partition coefficient (Wildman–Crippen LogP) is 5.24. The van der Waals surface area contributed by atoms with E-state index in [9.17, 15) is 4.79 Å². The van der Waals surface area contributed by atoms with Gasteiger partial charge < -0.3 is 14.8 Å². The monoisotopic (exact) mass is 480 g/mol. The van der Waals surface area contributed by atoms with E-state index in [1.165, 1.54) is 11.8 Å². The summed E-state index contributed by atoms with van der Waals surface area (Å²) in [5.74, 6) is 1.87. The van der Waals surface area contributed by atoms with Crippen molar-refractivity contribution < 1.29 is 14.3 Å². The Balaban J connectivity index is 1.49. The molecule has 0 spiro atoms. The van der Waals surface area contributed by atoms with Crippen LogP contribution in [-0.4, -0.2) is 33.5 Å². The van der Waals surface area contributed by atoms with Crippen molar-refractivity contribution in [1.82, 2.24) is 14.8 Å². The zero-order chi connectivity index (χ0) is 23.0. The molecule has 7 nitrogen and oxygen atoms in total. The van der Waals surface area contributed by atoms with E-state index in [1.54, 1.807) is 43.5 Å². The van der Waals surface area contributed by atoms with E-state index in [0.29, 0.717) is 33.2 Å². The lowest BCUT2D eigenvalue weighted by atomic mass is 10.3. The number of thioether (sulfide) groups is 1. The second-order valence-corrected chi connectivity index (χ2v) is 8.23. The van der Waals surface area contributed by atoms with Gasteiger partial charge in [-0.25, -0.2) is 0 Å². The smallest absolute Gasteiger partial charge is 0.234 e. The molecular formula is C24H21ClN4O3S. The molecule has 0 saturated carbocycles. The summed E-state index contributed by atoms with van der Waals surface area (Å²) in [6.45, 7) is 0.206. The average molecular weight is 481 g/mol. The highest BCUT2D eigenvalue weighted by Gasteiger charge is 2.17. The number of methoxy groups -OCH3 is 1. The number of ether oxygens (including phenoxy) is 2. The number of hydrogen-bond donors (Lipinski definition) is 1. The highest BCUT2D eigenvalue weighted by atomic mass is 35.5. The van der Waals surface area contributed by atoms with Crippen molar-refractivity contribution >= 4 is 35.0 Å². The molecule has 1 aromatic heterocycles. The van der Waals surface area contributed by atoms with Gasteiger partial charge in [-0.05, 0) is 48.5 Å². The summed E-state index contributed by atoms with van der Waals surface area (Å²) in [6, 6.07) is 24.1. The zero-order valence-corrected chi connectivity index (χ0v) is 19.3. The summed E-state index contributed by atoms with van der Waals surface area (Å²) in [7, 11) is 1.57. The first-order chi connectivity index (χ1) is 16.1. The molecule has 0 bridgehead atoms. The molecule has 4 aromatic rings. The second-order valence-electron chi connectivity index (χ2n) is 6.85. The number of halogens is 1. The lowest BCUT2D eigenvalue weighted by Crippen LogP contribution is -2.15. The Morgan fingerprint density at radius 3 is 2.48 bits per heavy atom. The Labute approximate surface area is 200 Å². The fraction of sp³-hybridized carbons (Fsp3) is 0.125. The molecule has 0 aliphatic carbocycles. The molecule has 3 aromatic carbocycles. The highest BCUT2D eigenvalue weighted by molar-refractivity contribution is 7.99. The van der Waals surface area contributed by atoms with Gasteiger partial charge in [-0.1, -0.05) is 53.7 Å². The quantitative estimate of drug-likeness (QED) is 0.330. The number of benzene rings is 3. The van der Waals surface area contributed by atoms with E-state index in [-0.39, 0.29) is 18.3 Å². The number of aromatic nitrogens is 3. The molecule has 0 aliphatic rings.